The lowest BCUT2D eigenvalue weighted by molar-refractivity contribution is -0.00269. The highest BCUT2D eigenvalue weighted by atomic mass is 16.6. The van der Waals surface area contributed by atoms with Gasteiger partial charge in [-0.3, -0.25) is 4.79 Å². The zero-order chi connectivity index (χ0) is 22.0. The number of ether oxygens (including phenoxy) is 1. The van der Waals surface area contributed by atoms with Crippen LogP contribution in [0, 0.1) is 0 Å². The molecule has 2 atom stereocenters. The van der Waals surface area contributed by atoms with Crippen molar-refractivity contribution in [1.29, 1.82) is 0 Å². The molecule has 4 aromatic carbocycles. The van der Waals surface area contributed by atoms with Gasteiger partial charge in [-0.15, -0.1) is 0 Å². The summed E-state index contributed by atoms with van der Waals surface area (Å²) in [5, 5.41) is 0. The van der Waals surface area contributed by atoms with E-state index in [2.05, 4.69) is 0 Å². The van der Waals surface area contributed by atoms with E-state index >= 15 is 0 Å². The van der Waals surface area contributed by atoms with Crippen LogP contribution in [0.15, 0.2) is 115 Å². The molecule has 0 radical (unpaired) electrons. The van der Waals surface area contributed by atoms with Gasteiger partial charge in [0.1, 0.15) is 0 Å². The number of carbonyl (C=O) groups excluding carboxylic acids is 2. The van der Waals surface area contributed by atoms with Crippen molar-refractivity contribution in [3.05, 3.63) is 143 Å². The van der Waals surface area contributed by atoms with E-state index in [4.69, 9.17) is 4.74 Å². The second-order valence-corrected chi connectivity index (χ2v) is 7.99. The summed E-state index contributed by atoms with van der Waals surface area (Å²) in [5.74, 6) is -0.751. The fraction of sp³-hybridized carbons (Fsp3) is 0.103. The van der Waals surface area contributed by atoms with Crippen LogP contribution >= 0.6 is 0 Å². The standard InChI is InChI=1S/C29H22O3/c30-27(22-14-6-2-7-15-22)20-26(21-12-4-1-5-13-21)29(23-16-8-3-9-17-23)25-19-11-10-18-24(25)28(31)32-29/h1-19,26H,20H2/t26-,29+/m0/s1. The number of benzene rings is 4. The molecule has 3 nitrogen and oxygen atoms in total. The highest BCUT2D eigenvalue weighted by Crippen LogP contribution is 2.52. The predicted molar refractivity (Wildman–Crippen MR) is 124 cm³/mol. The molecule has 0 fully saturated rings. The van der Waals surface area contributed by atoms with Crippen LogP contribution in [0.3, 0.4) is 0 Å². The minimum atomic E-state index is -1.10. The minimum Gasteiger partial charge on any atom is -0.445 e. The van der Waals surface area contributed by atoms with Gasteiger partial charge in [-0.25, -0.2) is 4.79 Å². The normalized spacial score (nSPS) is 17.9. The van der Waals surface area contributed by atoms with Gasteiger partial charge < -0.3 is 4.74 Å². The maximum atomic E-state index is 13.4. The van der Waals surface area contributed by atoms with Gasteiger partial charge in [-0.1, -0.05) is 109 Å². The van der Waals surface area contributed by atoms with Gasteiger partial charge in [0, 0.05) is 29.0 Å². The van der Waals surface area contributed by atoms with E-state index in [-0.39, 0.29) is 18.2 Å². The molecule has 3 heteroatoms. The van der Waals surface area contributed by atoms with Crippen LogP contribution in [0.25, 0.3) is 0 Å². The first-order valence-corrected chi connectivity index (χ1v) is 10.7. The number of Topliss-reactive ketones (excluding diaryl/α,β-unsaturated/α-hetero) is 1. The fourth-order valence-electron chi connectivity index (χ4n) is 4.71. The maximum Gasteiger partial charge on any atom is 0.339 e. The molecule has 0 unspecified atom stereocenters. The molecule has 4 aromatic rings. The Morgan fingerprint density at radius 3 is 1.97 bits per heavy atom. The Labute approximate surface area is 187 Å². The van der Waals surface area contributed by atoms with E-state index in [0.29, 0.717) is 11.1 Å². The average molecular weight is 418 g/mol. The first kappa shape index (κ1) is 20.0. The second kappa shape index (κ2) is 8.27. The average Bonchev–Trinajstić information content (AvgIpc) is 3.17. The SMILES string of the molecule is O=C(C[C@@H](c1ccccc1)[C@]1(c2ccccc2)OC(=O)c2ccccc21)c1ccccc1. The first-order valence-electron chi connectivity index (χ1n) is 10.7. The topological polar surface area (TPSA) is 43.4 Å². The summed E-state index contributed by atoms with van der Waals surface area (Å²) >= 11 is 0. The van der Waals surface area contributed by atoms with Crippen molar-refractivity contribution in [2.75, 3.05) is 0 Å². The molecule has 0 saturated heterocycles. The quantitative estimate of drug-likeness (QED) is 0.278. The van der Waals surface area contributed by atoms with Gasteiger partial charge >= 0.3 is 5.97 Å². The Kier molecular flexibility index (Phi) is 5.16. The van der Waals surface area contributed by atoms with E-state index in [1.807, 2.05) is 109 Å². The van der Waals surface area contributed by atoms with Crippen LogP contribution in [-0.4, -0.2) is 11.8 Å². The van der Waals surface area contributed by atoms with E-state index in [1.165, 1.54) is 0 Å². The molecule has 0 amide bonds. The van der Waals surface area contributed by atoms with Crippen molar-refractivity contribution < 1.29 is 14.3 Å². The largest absolute Gasteiger partial charge is 0.445 e. The van der Waals surface area contributed by atoms with Crippen LogP contribution in [-0.2, 0) is 10.3 Å². The third-order valence-electron chi connectivity index (χ3n) is 6.18. The molecule has 1 heterocycles. The van der Waals surface area contributed by atoms with Gasteiger partial charge in [0.15, 0.2) is 11.4 Å². The fourth-order valence-corrected chi connectivity index (χ4v) is 4.71. The number of ketones is 1. The third-order valence-corrected chi connectivity index (χ3v) is 6.18. The van der Waals surface area contributed by atoms with Gasteiger partial charge in [-0.05, 0) is 11.6 Å². The smallest absolute Gasteiger partial charge is 0.339 e. The Morgan fingerprint density at radius 2 is 1.28 bits per heavy atom. The van der Waals surface area contributed by atoms with E-state index in [0.717, 1.165) is 16.7 Å². The number of hydrogen-bond acceptors (Lipinski definition) is 3. The summed E-state index contributed by atoms with van der Waals surface area (Å²) in [6.45, 7) is 0. The number of rotatable bonds is 6. The Bertz CT molecular complexity index is 1250. The molecular formula is C29H22O3. The molecular weight excluding hydrogens is 396 g/mol. The number of cyclic esters (lactones) is 1. The molecule has 0 bridgehead atoms. The van der Waals surface area contributed by atoms with Crippen LogP contribution in [0.2, 0.25) is 0 Å². The van der Waals surface area contributed by atoms with Crippen LogP contribution < -0.4 is 0 Å². The highest BCUT2D eigenvalue weighted by Gasteiger charge is 2.53. The van der Waals surface area contributed by atoms with Crippen molar-refractivity contribution in [3.63, 3.8) is 0 Å². The molecule has 1 aliphatic rings. The van der Waals surface area contributed by atoms with Crippen molar-refractivity contribution >= 4 is 11.8 Å². The molecule has 0 saturated carbocycles. The molecule has 0 aliphatic carbocycles. The second-order valence-electron chi connectivity index (χ2n) is 7.99. The summed E-state index contributed by atoms with van der Waals surface area (Å²) in [4.78, 5) is 26.5. The summed E-state index contributed by atoms with van der Waals surface area (Å²) in [5.41, 5.74) is 2.70. The first-order chi connectivity index (χ1) is 15.7. The molecule has 32 heavy (non-hydrogen) atoms. The highest BCUT2D eigenvalue weighted by molar-refractivity contribution is 5.98. The number of carbonyl (C=O) groups is 2. The molecule has 5 rings (SSSR count). The lowest BCUT2D eigenvalue weighted by Crippen LogP contribution is -2.36. The van der Waals surface area contributed by atoms with Crippen molar-refractivity contribution in [1.82, 2.24) is 0 Å². The summed E-state index contributed by atoms with van der Waals surface area (Å²) in [6.07, 6.45) is 0.199. The van der Waals surface area contributed by atoms with Gasteiger partial charge in [0.05, 0.1) is 5.56 Å². The predicted octanol–water partition coefficient (Wildman–Crippen LogP) is 6.16. The minimum absolute atomic E-state index is 0.00943. The summed E-state index contributed by atoms with van der Waals surface area (Å²) < 4.78 is 6.27. The van der Waals surface area contributed by atoms with E-state index in [1.54, 1.807) is 6.07 Å². The summed E-state index contributed by atoms with van der Waals surface area (Å²) in [7, 11) is 0. The molecule has 0 N–H and O–H groups in total. The zero-order valence-electron chi connectivity index (χ0n) is 17.5. The van der Waals surface area contributed by atoms with Crippen LogP contribution in [0.1, 0.15) is 49.7 Å². The Hall–Kier alpha value is -3.98. The van der Waals surface area contributed by atoms with E-state index < -0.39 is 11.5 Å². The Balaban J connectivity index is 1.73. The number of fused-ring (bicyclic) bond motifs is 1. The van der Waals surface area contributed by atoms with Crippen molar-refractivity contribution in [2.24, 2.45) is 0 Å². The van der Waals surface area contributed by atoms with Crippen LogP contribution in [0.5, 0.6) is 0 Å². The molecule has 0 aromatic heterocycles. The van der Waals surface area contributed by atoms with Gasteiger partial charge in [0.25, 0.3) is 0 Å². The van der Waals surface area contributed by atoms with Gasteiger partial charge in [-0.2, -0.15) is 0 Å². The number of esters is 1. The molecule has 1 aliphatic heterocycles. The van der Waals surface area contributed by atoms with Crippen molar-refractivity contribution in [2.45, 2.75) is 17.9 Å². The zero-order valence-corrected chi connectivity index (χ0v) is 17.5. The van der Waals surface area contributed by atoms with Crippen LogP contribution in [0.4, 0.5) is 0 Å². The summed E-state index contributed by atoms with van der Waals surface area (Å²) in [6, 6.07) is 36.4. The monoisotopic (exact) mass is 418 g/mol. The number of hydrogen-bond donors (Lipinski definition) is 0. The Morgan fingerprint density at radius 1 is 0.719 bits per heavy atom. The molecule has 0 spiro atoms. The maximum absolute atomic E-state index is 13.4. The van der Waals surface area contributed by atoms with Gasteiger partial charge in [0.2, 0.25) is 0 Å². The third kappa shape index (κ3) is 3.32. The van der Waals surface area contributed by atoms with Crippen molar-refractivity contribution in [3.8, 4) is 0 Å². The van der Waals surface area contributed by atoms with E-state index in [9.17, 15) is 9.59 Å². The lowest BCUT2D eigenvalue weighted by atomic mass is 9.70. The molecule has 156 valence electrons. The lowest BCUT2D eigenvalue weighted by Gasteiger charge is -2.37.